The Morgan fingerprint density at radius 3 is 3.18 bits per heavy atom. The molecule has 0 saturated heterocycles. The molecule has 0 fully saturated rings. The minimum atomic E-state index is 0.390. The number of aromatic nitrogens is 1. The van der Waals surface area contributed by atoms with Gasteiger partial charge in [0.25, 0.3) is 5.22 Å². The number of hydrogen-bond donors (Lipinski definition) is 1. The standard InChI is InChI=1S/C12H12N2OS2/c1-9-7-15-12(14-9)17-8-11-10(3-2-5-13)4-6-16-11/h4,6-7H,5,8,13H2,1H3. The number of aryl methyl sites for hydroxylation is 1. The summed E-state index contributed by atoms with van der Waals surface area (Å²) in [5.41, 5.74) is 7.32. The molecule has 2 heterocycles. The molecule has 0 aromatic carbocycles. The lowest BCUT2D eigenvalue weighted by molar-refractivity contribution is 0.454. The molecule has 0 radical (unpaired) electrons. The number of hydrogen-bond acceptors (Lipinski definition) is 5. The molecule has 2 aromatic heterocycles. The Hall–Kier alpha value is -1.22. The first-order chi connectivity index (χ1) is 8.29. The van der Waals surface area contributed by atoms with Gasteiger partial charge in [-0.1, -0.05) is 23.6 Å². The number of nitrogens with zero attached hydrogens (tertiary/aromatic N) is 1. The highest BCUT2D eigenvalue weighted by molar-refractivity contribution is 7.98. The largest absolute Gasteiger partial charge is 0.440 e. The van der Waals surface area contributed by atoms with Gasteiger partial charge in [0.2, 0.25) is 0 Å². The third-order valence-electron chi connectivity index (χ3n) is 2.00. The Morgan fingerprint density at radius 2 is 2.47 bits per heavy atom. The Bertz CT molecular complexity index is 548. The van der Waals surface area contributed by atoms with Gasteiger partial charge >= 0.3 is 0 Å². The van der Waals surface area contributed by atoms with Gasteiger partial charge in [0.1, 0.15) is 6.26 Å². The van der Waals surface area contributed by atoms with Gasteiger partial charge in [-0.15, -0.1) is 11.3 Å². The molecule has 17 heavy (non-hydrogen) atoms. The van der Waals surface area contributed by atoms with E-state index in [1.165, 1.54) is 4.88 Å². The van der Waals surface area contributed by atoms with Crippen LogP contribution in [-0.4, -0.2) is 11.5 Å². The quantitative estimate of drug-likeness (QED) is 0.684. The summed E-state index contributed by atoms with van der Waals surface area (Å²) in [4.78, 5) is 5.48. The summed E-state index contributed by atoms with van der Waals surface area (Å²) in [6, 6.07) is 2.02. The molecule has 3 nitrogen and oxygen atoms in total. The van der Waals surface area contributed by atoms with Crippen LogP contribution in [0.15, 0.2) is 27.3 Å². The van der Waals surface area contributed by atoms with Crippen molar-refractivity contribution in [3.8, 4) is 11.8 Å². The fourth-order valence-electron chi connectivity index (χ4n) is 1.24. The number of oxazole rings is 1. The molecule has 0 amide bonds. The second-order valence-electron chi connectivity index (χ2n) is 3.31. The van der Waals surface area contributed by atoms with E-state index in [0.717, 1.165) is 17.0 Å². The lowest BCUT2D eigenvalue weighted by Crippen LogP contribution is -1.93. The molecule has 0 aliphatic carbocycles. The van der Waals surface area contributed by atoms with Gasteiger partial charge in [-0.3, -0.25) is 0 Å². The summed E-state index contributed by atoms with van der Waals surface area (Å²) < 4.78 is 5.28. The van der Waals surface area contributed by atoms with Crippen molar-refractivity contribution >= 4 is 23.1 Å². The maximum Gasteiger partial charge on any atom is 0.256 e. The van der Waals surface area contributed by atoms with Crippen LogP contribution in [0.4, 0.5) is 0 Å². The number of rotatable bonds is 3. The molecule has 2 rings (SSSR count). The van der Waals surface area contributed by atoms with Crippen molar-refractivity contribution in [2.24, 2.45) is 5.73 Å². The van der Waals surface area contributed by atoms with E-state index >= 15 is 0 Å². The highest BCUT2D eigenvalue weighted by atomic mass is 32.2. The second kappa shape index (κ2) is 5.92. The fourth-order valence-corrected chi connectivity index (χ4v) is 3.03. The van der Waals surface area contributed by atoms with Crippen molar-refractivity contribution < 1.29 is 4.42 Å². The molecule has 0 aliphatic rings. The van der Waals surface area contributed by atoms with E-state index in [-0.39, 0.29) is 0 Å². The molecule has 0 unspecified atom stereocenters. The van der Waals surface area contributed by atoms with E-state index in [1.807, 2.05) is 18.4 Å². The first kappa shape index (κ1) is 12.2. The topological polar surface area (TPSA) is 52.0 Å². The minimum absolute atomic E-state index is 0.390. The van der Waals surface area contributed by atoms with E-state index in [4.69, 9.17) is 10.2 Å². The van der Waals surface area contributed by atoms with Gasteiger partial charge in [0, 0.05) is 16.2 Å². The smallest absolute Gasteiger partial charge is 0.256 e. The molecular formula is C12H12N2OS2. The molecule has 0 saturated carbocycles. The van der Waals surface area contributed by atoms with Crippen LogP contribution in [0.2, 0.25) is 0 Å². The molecule has 2 N–H and O–H groups in total. The van der Waals surface area contributed by atoms with Crippen molar-refractivity contribution in [3.05, 3.63) is 33.8 Å². The van der Waals surface area contributed by atoms with Gasteiger partial charge in [-0.05, 0) is 18.4 Å². The lowest BCUT2D eigenvalue weighted by Gasteiger charge is -1.95. The summed E-state index contributed by atoms with van der Waals surface area (Å²) in [6.45, 7) is 2.30. The van der Waals surface area contributed by atoms with Crippen molar-refractivity contribution in [1.82, 2.24) is 4.98 Å². The SMILES string of the molecule is Cc1coc(SCc2sccc2C#CCN)n1. The highest BCUT2D eigenvalue weighted by Crippen LogP contribution is 2.26. The molecule has 5 heteroatoms. The van der Waals surface area contributed by atoms with Crippen LogP contribution >= 0.6 is 23.1 Å². The normalized spacial score (nSPS) is 10.0. The predicted octanol–water partition coefficient (Wildman–Crippen LogP) is 2.65. The van der Waals surface area contributed by atoms with E-state index in [0.29, 0.717) is 11.8 Å². The number of thiophene rings is 1. The first-order valence-corrected chi connectivity index (χ1v) is 6.96. The van der Waals surface area contributed by atoms with Crippen molar-refractivity contribution in [1.29, 1.82) is 0 Å². The fraction of sp³-hybridized carbons (Fsp3) is 0.250. The second-order valence-corrected chi connectivity index (χ2v) is 5.23. The van der Waals surface area contributed by atoms with Crippen LogP contribution in [0, 0.1) is 18.8 Å². The Kier molecular flexibility index (Phi) is 4.26. The van der Waals surface area contributed by atoms with Crippen LogP contribution in [0.1, 0.15) is 16.1 Å². The van der Waals surface area contributed by atoms with E-state index in [2.05, 4.69) is 16.8 Å². The third kappa shape index (κ3) is 3.37. The molecular weight excluding hydrogens is 252 g/mol. The van der Waals surface area contributed by atoms with Crippen molar-refractivity contribution in [2.75, 3.05) is 6.54 Å². The molecule has 0 aliphatic heterocycles. The highest BCUT2D eigenvalue weighted by Gasteiger charge is 2.06. The van der Waals surface area contributed by atoms with E-state index < -0.39 is 0 Å². The Labute approximate surface area is 108 Å². The van der Waals surface area contributed by atoms with Gasteiger partial charge in [-0.2, -0.15) is 0 Å². The van der Waals surface area contributed by atoms with Gasteiger partial charge in [0.05, 0.1) is 12.2 Å². The zero-order valence-electron chi connectivity index (χ0n) is 9.40. The van der Waals surface area contributed by atoms with E-state index in [1.54, 1.807) is 29.4 Å². The zero-order chi connectivity index (χ0) is 12.1. The van der Waals surface area contributed by atoms with Gasteiger partial charge in [0.15, 0.2) is 0 Å². The van der Waals surface area contributed by atoms with Crippen LogP contribution in [0.5, 0.6) is 0 Å². The van der Waals surface area contributed by atoms with Crippen molar-refractivity contribution in [2.45, 2.75) is 17.9 Å². The third-order valence-corrected chi connectivity index (χ3v) is 3.97. The number of thioether (sulfide) groups is 1. The summed E-state index contributed by atoms with van der Waals surface area (Å²) in [5.74, 6) is 6.76. The molecule has 88 valence electrons. The minimum Gasteiger partial charge on any atom is -0.440 e. The average molecular weight is 264 g/mol. The maximum atomic E-state index is 5.36. The first-order valence-electron chi connectivity index (χ1n) is 5.10. The van der Waals surface area contributed by atoms with Gasteiger partial charge < -0.3 is 10.2 Å². The monoisotopic (exact) mass is 264 g/mol. The van der Waals surface area contributed by atoms with Crippen LogP contribution in [-0.2, 0) is 5.75 Å². The summed E-state index contributed by atoms with van der Waals surface area (Å²) >= 11 is 3.27. The number of nitrogens with two attached hydrogens (primary N) is 1. The average Bonchev–Trinajstić information content (AvgIpc) is 2.92. The molecule has 0 spiro atoms. The molecule has 0 atom stereocenters. The summed E-state index contributed by atoms with van der Waals surface area (Å²) in [6.07, 6.45) is 1.66. The summed E-state index contributed by atoms with van der Waals surface area (Å²) in [7, 11) is 0. The Morgan fingerprint density at radius 1 is 1.59 bits per heavy atom. The van der Waals surface area contributed by atoms with Gasteiger partial charge in [-0.25, -0.2) is 4.98 Å². The van der Waals surface area contributed by atoms with Crippen LogP contribution in [0.3, 0.4) is 0 Å². The maximum absolute atomic E-state index is 5.36. The Balaban J connectivity index is 2.01. The van der Waals surface area contributed by atoms with Crippen LogP contribution in [0.25, 0.3) is 0 Å². The van der Waals surface area contributed by atoms with Crippen LogP contribution < -0.4 is 5.73 Å². The molecule has 2 aromatic rings. The lowest BCUT2D eigenvalue weighted by atomic mass is 10.3. The zero-order valence-corrected chi connectivity index (χ0v) is 11.0. The predicted molar refractivity (Wildman–Crippen MR) is 71.1 cm³/mol. The summed E-state index contributed by atoms with van der Waals surface area (Å²) in [5, 5.41) is 2.74. The van der Waals surface area contributed by atoms with Crippen molar-refractivity contribution in [3.63, 3.8) is 0 Å². The van der Waals surface area contributed by atoms with E-state index in [9.17, 15) is 0 Å². The molecule has 0 bridgehead atoms.